The van der Waals surface area contributed by atoms with Crippen LogP contribution in [0.2, 0.25) is 0 Å². The van der Waals surface area contributed by atoms with Crippen molar-refractivity contribution in [1.29, 1.82) is 5.26 Å². The average Bonchev–Trinajstić information content (AvgIpc) is 2.18. The molecule has 0 aliphatic heterocycles. The predicted octanol–water partition coefficient (Wildman–Crippen LogP) is 3.08. The third-order valence-corrected chi connectivity index (χ3v) is 2.09. The first kappa shape index (κ1) is 10.6. The molecular formula is C12H15NO. The van der Waals surface area contributed by atoms with Gasteiger partial charge in [-0.2, -0.15) is 5.26 Å². The van der Waals surface area contributed by atoms with E-state index in [4.69, 9.17) is 10.00 Å². The Morgan fingerprint density at radius 1 is 1.43 bits per heavy atom. The lowest BCUT2D eigenvalue weighted by Crippen LogP contribution is -1.96. The number of rotatable bonds is 3. The third-order valence-electron chi connectivity index (χ3n) is 2.09. The highest BCUT2D eigenvalue weighted by Crippen LogP contribution is 2.24. The van der Waals surface area contributed by atoms with Crippen molar-refractivity contribution >= 4 is 0 Å². The monoisotopic (exact) mass is 189 g/mol. The Labute approximate surface area is 85.1 Å². The second kappa shape index (κ2) is 4.66. The lowest BCUT2D eigenvalue weighted by atomic mass is 10.0. The van der Waals surface area contributed by atoms with E-state index in [1.807, 2.05) is 25.1 Å². The second-order valence-corrected chi connectivity index (χ2v) is 3.46. The zero-order valence-corrected chi connectivity index (χ0v) is 8.87. The smallest absolute Gasteiger partial charge is 0.137 e. The maximum atomic E-state index is 8.84. The van der Waals surface area contributed by atoms with Crippen molar-refractivity contribution in [2.24, 2.45) is 0 Å². The lowest BCUT2D eigenvalue weighted by molar-refractivity contribution is 0.338. The van der Waals surface area contributed by atoms with Gasteiger partial charge < -0.3 is 4.74 Å². The van der Waals surface area contributed by atoms with Gasteiger partial charge in [-0.1, -0.05) is 19.9 Å². The predicted molar refractivity (Wildman–Crippen MR) is 56.4 cm³/mol. The molecular weight excluding hydrogens is 174 g/mol. The van der Waals surface area contributed by atoms with Gasteiger partial charge in [0.05, 0.1) is 12.2 Å². The van der Waals surface area contributed by atoms with Crippen molar-refractivity contribution in [3.8, 4) is 11.8 Å². The summed E-state index contributed by atoms with van der Waals surface area (Å²) in [4.78, 5) is 0. The molecule has 1 aromatic carbocycles. The van der Waals surface area contributed by atoms with Crippen LogP contribution in [0.4, 0.5) is 0 Å². The summed E-state index contributed by atoms with van der Waals surface area (Å²) in [6.07, 6.45) is 0. The molecule has 2 nitrogen and oxygen atoms in total. The molecule has 0 unspecified atom stereocenters. The molecule has 0 aliphatic rings. The number of hydrogen-bond acceptors (Lipinski definition) is 2. The number of nitriles is 1. The Morgan fingerprint density at radius 3 is 2.64 bits per heavy atom. The molecule has 0 saturated heterocycles. The van der Waals surface area contributed by atoms with Gasteiger partial charge in [-0.05, 0) is 30.5 Å². The summed E-state index contributed by atoms with van der Waals surface area (Å²) in [5.41, 5.74) is 1.81. The van der Waals surface area contributed by atoms with E-state index in [0.29, 0.717) is 23.8 Å². The van der Waals surface area contributed by atoms with Crippen LogP contribution in [-0.4, -0.2) is 6.61 Å². The standard InChI is InChI=1S/C12H15NO/c1-4-14-12-7-10(9(2)3)5-6-11(12)8-13/h5-7,9H,4H2,1-3H3. The van der Waals surface area contributed by atoms with Gasteiger partial charge in [0.2, 0.25) is 0 Å². The lowest BCUT2D eigenvalue weighted by Gasteiger charge is -2.10. The number of hydrogen-bond donors (Lipinski definition) is 0. The Morgan fingerprint density at radius 2 is 2.14 bits per heavy atom. The van der Waals surface area contributed by atoms with Crippen LogP contribution in [0.5, 0.6) is 5.75 Å². The maximum absolute atomic E-state index is 8.84. The molecule has 0 N–H and O–H groups in total. The minimum atomic E-state index is 0.460. The highest BCUT2D eigenvalue weighted by molar-refractivity contribution is 5.45. The summed E-state index contributed by atoms with van der Waals surface area (Å²) >= 11 is 0. The van der Waals surface area contributed by atoms with Crippen LogP contribution in [0.15, 0.2) is 18.2 Å². The summed E-state index contributed by atoms with van der Waals surface area (Å²) < 4.78 is 5.40. The molecule has 14 heavy (non-hydrogen) atoms. The first-order valence-electron chi connectivity index (χ1n) is 4.85. The van der Waals surface area contributed by atoms with E-state index in [1.165, 1.54) is 5.56 Å². The van der Waals surface area contributed by atoms with Crippen LogP contribution in [0.25, 0.3) is 0 Å². The zero-order chi connectivity index (χ0) is 10.6. The van der Waals surface area contributed by atoms with Gasteiger partial charge in [0.25, 0.3) is 0 Å². The Hall–Kier alpha value is -1.49. The Bertz CT molecular complexity index is 350. The van der Waals surface area contributed by atoms with Crippen molar-refractivity contribution in [3.63, 3.8) is 0 Å². The molecule has 0 saturated carbocycles. The third kappa shape index (κ3) is 2.26. The summed E-state index contributed by atoms with van der Waals surface area (Å²) in [7, 11) is 0. The summed E-state index contributed by atoms with van der Waals surface area (Å²) in [6.45, 7) is 6.76. The van der Waals surface area contributed by atoms with Crippen LogP contribution in [-0.2, 0) is 0 Å². The zero-order valence-electron chi connectivity index (χ0n) is 8.87. The van der Waals surface area contributed by atoms with Crippen LogP contribution in [0.1, 0.15) is 37.8 Å². The largest absolute Gasteiger partial charge is 0.492 e. The highest BCUT2D eigenvalue weighted by Gasteiger charge is 2.06. The summed E-state index contributed by atoms with van der Waals surface area (Å²) in [6, 6.07) is 7.87. The van der Waals surface area contributed by atoms with E-state index in [-0.39, 0.29) is 0 Å². The molecule has 74 valence electrons. The normalized spacial score (nSPS) is 9.93. The molecule has 0 radical (unpaired) electrons. The van der Waals surface area contributed by atoms with E-state index < -0.39 is 0 Å². The van der Waals surface area contributed by atoms with Gasteiger partial charge in [-0.25, -0.2) is 0 Å². The maximum Gasteiger partial charge on any atom is 0.137 e. The molecule has 0 atom stereocenters. The van der Waals surface area contributed by atoms with E-state index in [1.54, 1.807) is 0 Å². The van der Waals surface area contributed by atoms with Gasteiger partial charge in [-0.15, -0.1) is 0 Å². The molecule has 0 spiro atoms. The number of nitrogens with zero attached hydrogens (tertiary/aromatic N) is 1. The van der Waals surface area contributed by atoms with Crippen LogP contribution in [0.3, 0.4) is 0 Å². The van der Waals surface area contributed by atoms with Crippen LogP contribution < -0.4 is 4.74 Å². The van der Waals surface area contributed by atoms with E-state index in [9.17, 15) is 0 Å². The second-order valence-electron chi connectivity index (χ2n) is 3.46. The van der Waals surface area contributed by atoms with Gasteiger partial charge in [0.1, 0.15) is 11.8 Å². The minimum Gasteiger partial charge on any atom is -0.492 e. The molecule has 0 aromatic heterocycles. The number of ether oxygens (including phenoxy) is 1. The quantitative estimate of drug-likeness (QED) is 0.732. The molecule has 0 heterocycles. The average molecular weight is 189 g/mol. The fraction of sp³-hybridized carbons (Fsp3) is 0.417. The van der Waals surface area contributed by atoms with Crippen LogP contribution >= 0.6 is 0 Å². The summed E-state index contributed by atoms with van der Waals surface area (Å²) in [5.74, 6) is 1.16. The first-order valence-corrected chi connectivity index (χ1v) is 4.85. The highest BCUT2D eigenvalue weighted by atomic mass is 16.5. The SMILES string of the molecule is CCOc1cc(C(C)C)ccc1C#N. The fourth-order valence-electron chi connectivity index (χ4n) is 1.27. The van der Waals surface area contributed by atoms with Crippen molar-refractivity contribution < 1.29 is 4.74 Å². The van der Waals surface area contributed by atoms with Crippen molar-refractivity contribution in [2.75, 3.05) is 6.61 Å². The van der Waals surface area contributed by atoms with Crippen LogP contribution in [0, 0.1) is 11.3 Å². The van der Waals surface area contributed by atoms with Gasteiger partial charge in [-0.3, -0.25) is 0 Å². The molecule has 1 aromatic rings. The van der Waals surface area contributed by atoms with E-state index in [2.05, 4.69) is 19.9 Å². The molecule has 1 rings (SSSR count). The molecule has 2 heteroatoms. The van der Waals surface area contributed by atoms with Gasteiger partial charge in [0, 0.05) is 0 Å². The van der Waals surface area contributed by atoms with Crippen molar-refractivity contribution in [2.45, 2.75) is 26.7 Å². The Kier molecular flexibility index (Phi) is 3.53. The first-order chi connectivity index (χ1) is 6.69. The molecule has 0 amide bonds. The van der Waals surface area contributed by atoms with Gasteiger partial charge >= 0.3 is 0 Å². The van der Waals surface area contributed by atoms with E-state index in [0.717, 1.165) is 0 Å². The van der Waals surface area contributed by atoms with Crippen molar-refractivity contribution in [1.82, 2.24) is 0 Å². The topological polar surface area (TPSA) is 33.0 Å². The van der Waals surface area contributed by atoms with E-state index >= 15 is 0 Å². The fourth-order valence-corrected chi connectivity index (χ4v) is 1.27. The molecule has 0 aliphatic carbocycles. The van der Waals surface area contributed by atoms with Gasteiger partial charge in [0.15, 0.2) is 0 Å². The van der Waals surface area contributed by atoms with Crippen molar-refractivity contribution in [3.05, 3.63) is 29.3 Å². The molecule has 0 bridgehead atoms. The molecule has 0 fully saturated rings. The summed E-state index contributed by atoms with van der Waals surface area (Å²) in [5, 5.41) is 8.84. The minimum absolute atomic E-state index is 0.460. The number of benzene rings is 1. The Balaban J connectivity index is 3.09.